The summed E-state index contributed by atoms with van der Waals surface area (Å²) in [5.41, 5.74) is 0.658. The Kier molecular flexibility index (Phi) is 6.64. The molecule has 9 heteroatoms. The first-order chi connectivity index (χ1) is 13.4. The summed E-state index contributed by atoms with van der Waals surface area (Å²) in [4.78, 5) is 45.5. The molecule has 3 amide bonds. The molecule has 2 aromatic rings. The van der Waals surface area contributed by atoms with E-state index in [1.807, 2.05) is 12.1 Å². The van der Waals surface area contributed by atoms with Crippen molar-refractivity contribution in [2.45, 2.75) is 26.7 Å². The number of quaternary nitrogens is 1. The van der Waals surface area contributed by atoms with Gasteiger partial charge in [-0.15, -0.1) is 0 Å². The van der Waals surface area contributed by atoms with Gasteiger partial charge in [0.05, 0.1) is 35.9 Å². The number of hydrogen-bond acceptors (Lipinski definition) is 5. The Balaban J connectivity index is 1.87. The molecule has 150 valence electrons. The maximum Gasteiger partial charge on any atom is 0.249 e. The Hall–Kier alpha value is -2.03. The van der Waals surface area contributed by atoms with Gasteiger partial charge in [-0.1, -0.05) is 29.0 Å². The maximum absolute atomic E-state index is 13.0. The van der Waals surface area contributed by atoms with Crippen molar-refractivity contribution in [2.24, 2.45) is 0 Å². The van der Waals surface area contributed by atoms with Crippen molar-refractivity contribution in [1.29, 1.82) is 0 Å². The zero-order valence-corrected chi connectivity index (χ0v) is 17.6. The molecule has 0 spiro atoms. The van der Waals surface area contributed by atoms with Gasteiger partial charge in [-0.3, -0.25) is 24.2 Å². The molecule has 0 aliphatic carbocycles. The van der Waals surface area contributed by atoms with Crippen LogP contribution in [0.2, 0.25) is 5.02 Å². The number of carbonyl (C=O) groups excluding carboxylic acids is 3. The van der Waals surface area contributed by atoms with Gasteiger partial charge in [0.25, 0.3) is 0 Å². The summed E-state index contributed by atoms with van der Waals surface area (Å²) in [5, 5.41) is 1.07. The second kappa shape index (κ2) is 8.98. The molecule has 0 saturated carbocycles. The molecule has 0 unspecified atom stereocenters. The van der Waals surface area contributed by atoms with Gasteiger partial charge < -0.3 is 4.90 Å². The standard InChI is InChI=1S/C19H23ClN4O3S/c1-3-22(4-2)10-11-23(17(27)12-24-15(25)8-9-16(24)26)19-21-18-13(20)6-5-7-14(18)28-19/h5-7H,3-4,8-12H2,1-2H3/p+1. The topological polar surface area (TPSA) is 75.0 Å². The van der Waals surface area contributed by atoms with Crippen molar-refractivity contribution < 1.29 is 19.3 Å². The van der Waals surface area contributed by atoms with Gasteiger partial charge in [0.1, 0.15) is 12.1 Å². The van der Waals surface area contributed by atoms with Gasteiger partial charge in [-0.25, -0.2) is 4.98 Å². The van der Waals surface area contributed by atoms with Crippen LogP contribution < -0.4 is 9.80 Å². The summed E-state index contributed by atoms with van der Waals surface area (Å²) in [6.45, 7) is 7.08. The number of rotatable bonds is 8. The quantitative estimate of drug-likeness (QED) is 0.650. The first-order valence-electron chi connectivity index (χ1n) is 9.46. The number of likely N-dealkylation sites (N-methyl/N-ethyl adjacent to an activating group) is 1. The van der Waals surface area contributed by atoms with Crippen LogP contribution in [0.5, 0.6) is 0 Å². The van der Waals surface area contributed by atoms with Crippen molar-refractivity contribution in [2.75, 3.05) is 37.6 Å². The lowest BCUT2D eigenvalue weighted by molar-refractivity contribution is -0.894. The molecule has 1 N–H and O–H groups in total. The van der Waals surface area contributed by atoms with Crippen molar-refractivity contribution in [3.63, 3.8) is 0 Å². The number of benzene rings is 1. The van der Waals surface area contributed by atoms with Crippen LogP contribution in [0.3, 0.4) is 0 Å². The second-order valence-electron chi connectivity index (χ2n) is 6.71. The van der Waals surface area contributed by atoms with Gasteiger partial charge >= 0.3 is 0 Å². The molecule has 0 bridgehead atoms. The Labute approximate surface area is 172 Å². The largest absolute Gasteiger partial charge is 0.334 e. The molecule has 1 saturated heterocycles. The van der Waals surface area contributed by atoms with E-state index in [2.05, 4.69) is 18.8 Å². The number of nitrogens with one attached hydrogen (secondary N) is 1. The van der Waals surface area contributed by atoms with Crippen LogP contribution in [0.1, 0.15) is 26.7 Å². The monoisotopic (exact) mass is 423 g/mol. The minimum Gasteiger partial charge on any atom is -0.334 e. The summed E-state index contributed by atoms with van der Waals surface area (Å²) < 4.78 is 0.892. The fourth-order valence-corrected chi connectivity index (χ4v) is 4.55. The third-order valence-electron chi connectivity index (χ3n) is 5.03. The number of carbonyl (C=O) groups is 3. The number of hydrogen-bond donors (Lipinski definition) is 1. The van der Waals surface area contributed by atoms with Crippen molar-refractivity contribution in [3.8, 4) is 0 Å². The molecular weight excluding hydrogens is 400 g/mol. The van der Waals surface area contributed by atoms with Crippen molar-refractivity contribution in [3.05, 3.63) is 23.2 Å². The number of halogens is 1. The van der Waals surface area contributed by atoms with Gasteiger partial charge in [-0.05, 0) is 26.0 Å². The van der Waals surface area contributed by atoms with E-state index >= 15 is 0 Å². The Morgan fingerprint density at radius 1 is 1.25 bits per heavy atom. The number of amides is 3. The summed E-state index contributed by atoms with van der Waals surface area (Å²) in [6.07, 6.45) is 0.346. The third-order valence-corrected chi connectivity index (χ3v) is 6.38. The van der Waals surface area contributed by atoms with E-state index in [0.717, 1.165) is 29.2 Å². The van der Waals surface area contributed by atoms with Crippen LogP contribution in [-0.4, -0.2) is 60.3 Å². The molecule has 1 aromatic heterocycles. The lowest BCUT2D eigenvalue weighted by atomic mass is 10.3. The first kappa shape index (κ1) is 20.7. The van der Waals surface area contributed by atoms with Crippen molar-refractivity contribution in [1.82, 2.24) is 9.88 Å². The molecule has 1 aromatic carbocycles. The van der Waals surface area contributed by atoms with Crippen molar-refractivity contribution >= 4 is 56.0 Å². The third kappa shape index (κ3) is 4.34. The number of likely N-dealkylation sites (tertiary alicyclic amines) is 1. The molecule has 1 aliphatic heterocycles. The number of anilines is 1. The molecule has 1 fully saturated rings. The molecule has 0 radical (unpaired) electrons. The SMILES string of the molecule is CC[NH+](CC)CCN(C(=O)CN1C(=O)CCC1=O)c1nc2c(Cl)cccc2s1. The minimum absolute atomic E-state index is 0.173. The van der Waals surface area contributed by atoms with E-state index in [9.17, 15) is 14.4 Å². The molecule has 3 rings (SSSR count). The summed E-state index contributed by atoms with van der Waals surface area (Å²) in [5.74, 6) is -0.884. The summed E-state index contributed by atoms with van der Waals surface area (Å²) in [7, 11) is 0. The predicted octanol–water partition coefficient (Wildman–Crippen LogP) is 1.36. The highest BCUT2D eigenvalue weighted by Gasteiger charge is 2.33. The lowest BCUT2D eigenvalue weighted by Crippen LogP contribution is -3.12. The fourth-order valence-electron chi connectivity index (χ4n) is 3.24. The van der Waals surface area contributed by atoms with E-state index < -0.39 is 0 Å². The Bertz CT molecular complexity index is 880. The summed E-state index contributed by atoms with van der Waals surface area (Å²) >= 11 is 7.63. The smallest absolute Gasteiger partial charge is 0.249 e. The predicted molar refractivity (Wildman–Crippen MR) is 110 cm³/mol. The Morgan fingerprint density at radius 2 is 1.93 bits per heavy atom. The van der Waals surface area contributed by atoms with Crippen LogP contribution >= 0.6 is 22.9 Å². The zero-order chi connectivity index (χ0) is 20.3. The zero-order valence-electron chi connectivity index (χ0n) is 16.0. The normalized spacial score (nSPS) is 14.5. The molecule has 0 atom stereocenters. The number of aromatic nitrogens is 1. The molecule has 28 heavy (non-hydrogen) atoms. The highest BCUT2D eigenvalue weighted by molar-refractivity contribution is 7.22. The average molecular weight is 424 g/mol. The molecule has 2 heterocycles. The van der Waals surface area contributed by atoms with Crippen LogP contribution in [0.4, 0.5) is 5.13 Å². The van der Waals surface area contributed by atoms with E-state index in [0.29, 0.717) is 22.2 Å². The maximum atomic E-state index is 13.0. The van der Waals surface area contributed by atoms with Gasteiger partial charge in [0.2, 0.25) is 17.7 Å². The van der Waals surface area contributed by atoms with E-state index in [1.165, 1.54) is 16.2 Å². The highest BCUT2D eigenvalue weighted by atomic mass is 35.5. The van der Waals surface area contributed by atoms with Gasteiger partial charge in [0, 0.05) is 12.8 Å². The van der Waals surface area contributed by atoms with E-state index in [4.69, 9.17) is 11.6 Å². The van der Waals surface area contributed by atoms with Crippen LogP contribution in [0.25, 0.3) is 10.2 Å². The second-order valence-corrected chi connectivity index (χ2v) is 8.13. The Morgan fingerprint density at radius 3 is 2.54 bits per heavy atom. The molecular formula is C19H24ClN4O3S+. The minimum atomic E-state index is -0.301. The average Bonchev–Trinajstić information content (AvgIpc) is 3.24. The fraction of sp³-hybridized carbons (Fsp3) is 0.474. The number of fused-ring (bicyclic) bond motifs is 1. The number of thiazole rings is 1. The van der Waals surface area contributed by atoms with Gasteiger partial charge in [-0.2, -0.15) is 0 Å². The lowest BCUT2D eigenvalue weighted by Gasteiger charge is -2.24. The number of imide groups is 1. The van der Waals surface area contributed by atoms with Crippen LogP contribution in [0.15, 0.2) is 18.2 Å². The molecule has 1 aliphatic rings. The summed E-state index contributed by atoms with van der Waals surface area (Å²) in [6, 6.07) is 5.52. The first-order valence-corrected chi connectivity index (χ1v) is 10.7. The van der Waals surface area contributed by atoms with Crippen LogP contribution in [0, 0.1) is 0 Å². The van der Waals surface area contributed by atoms with E-state index in [-0.39, 0.29) is 37.1 Å². The van der Waals surface area contributed by atoms with E-state index in [1.54, 1.807) is 11.0 Å². The van der Waals surface area contributed by atoms with Gasteiger partial charge in [0.15, 0.2) is 5.13 Å². The molecule has 7 nitrogen and oxygen atoms in total. The number of para-hydroxylation sites is 1. The number of nitrogens with zero attached hydrogens (tertiary/aromatic N) is 3. The highest BCUT2D eigenvalue weighted by Crippen LogP contribution is 2.32. The van der Waals surface area contributed by atoms with Crippen LogP contribution in [-0.2, 0) is 14.4 Å².